The number of thioether (sulfide) groups is 2. The lowest BCUT2D eigenvalue weighted by Gasteiger charge is -2.05. The first-order valence-corrected chi connectivity index (χ1v) is 9.39. The zero-order valence-electron chi connectivity index (χ0n) is 11.4. The molecular weight excluding hydrogens is 349 g/mol. The Morgan fingerprint density at radius 2 is 2.00 bits per heavy atom. The summed E-state index contributed by atoms with van der Waals surface area (Å²) in [6.45, 7) is 0. The van der Waals surface area contributed by atoms with Crippen molar-refractivity contribution >= 4 is 46.7 Å². The highest BCUT2D eigenvalue weighted by Gasteiger charge is 2.15. The van der Waals surface area contributed by atoms with Crippen molar-refractivity contribution in [2.45, 2.75) is 23.4 Å². The van der Waals surface area contributed by atoms with Gasteiger partial charge < -0.3 is 10.2 Å². The van der Waals surface area contributed by atoms with E-state index in [0.717, 1.165) is 17.7 Å². The number of rotatable bonds is 7. The van der Waals surface area contributed by atoms with E-state index in [-0.39, 0.29) is 6.04 Å². The second kappa shape index (κ2) is 8.29. The normalized spacial score (nSPS) is 12.6. The summed E-state index contributed by atoms with van der Waals surface area (Å²) in [5, 5.41) is 9.72. The third-order valence-electron chi connectivity index (χ3n) is 2.77. The number of hydrogen-bond acceptors (Lipinski definition) is 6. The van der Waals surface area contributed by atoms with E-state index < -0.39 is 0 Å². The Kier molecular flexibility index (Phi) is 6.70. The zero-order chi connectivity index (χ0) is 15.2. The Labute approximate surface area is 142 Å². The monoisotopic (exact) mass is 363 g/mol. The maximum atomic E-state index is 6.12. The van der Waals surface area contributed by atoms with Gasteiger partial charge in [0.25, 0.3) is 5.22 Å². The highest BCUT2D eigenvalue weighted by atomic mass is 35.5. The molecule has 0 bridgehead atoms. The van der Waals surface area contributed by atoms with Gasteiger partial charge in [0.1, 0.15) is 0 Å². The Morgan fingerprint density at radius 1 is 1.29 bits per heavy atom. The van der Waals surface area contributed by atoms with Crippen LogP contribution in [0.3, 0.4) is 0 Å². The molecule has 0 aliphatic heterocycles. The smallest absolute Gasteiger partial charge is 0.276 e. The van der Waals surface area contributed by atoms with Crippen LogP contribution < -0.4 is 5.73 Å². The first-order chi connectivity index (χ1) is 10.1. The van der Waals surface area contributed by atoms with Gasteiger partial charge in [0.05, 0.1) is 6.04 Å². The van der Waals surface area contributed by atoms with Gasteiger partial charge in [0.15, 0.2) is 0 Å². The van der Waals surface area contributed by atoms with E-state index in [1.807, 2.05) is 12.3 Å². The minimum atomic E-state index is -0.219. The third-order valence-corrected chi connectivity index (χ3v) is 4.97. The van der Waals surface area contributed by atoms with Crippen LogP contribution in [0, 0.1) is 0 Å². The van der Waals surface area contributed by atoms with Crippen LogP contribution in [-0.4, -0.2) is 22.2 Å². The van der Waals surface area contributed by atoms with E-state index in [9.17, 15) is 0 Å². The van der Waals surface area contributed by atoms with Gasteiger partial charge in [-0.15, -0.1) is 10.2 Å². The summed E-state index contributed by atoms with van der Waals surface area (Å²) < 4.78 is 5.56. The number of benzene rings is 1. The van der Waals surface area contributed by atoms with Gasteiger partial charge in [-0.3, -0.25) is 0 Å². The molecule has 4 nitrogen and oxygen atoms in total. The van der Waals surface area contributed by atoms with Crippen LogP contribution in [0.25, 0.3) is 0 Å². The predicted octanol–water partition coefficient (Wildman–Crippen LogP) is 4.42. The third kappa shape index (κ3) is 4.79. The summed E-state index contributed by atoms with van der Waals surface area (Å²) >= 11 is 15.4. The summed E-state index contributed by atoms with van der Waals surface area (Å²) in [4.78, 5) is 0. The van der Waals surface area contributed by atoms with Gasteiger partial charge in [0, 0.05) is 15.8 Å². The number of hydrogen-bond donors (Lipinski definition) is 1. The Bertz CT molecular complexity index is 574. The van der Waals surface area contributed by atoms with Crippen LogP contribution in [0.15, 0.2) is 27.8 Å². The molecule has 0 aliphatic rings. The van der Waals surface area contributed by atoms with Gasteiger partial charge in [-0.1, -0.05) is 41.0 Å². The van der Waals surface area contributed by atoms with Crippen molar-refractivity contribution in [2.24, 2.45) is 5.73 Å². The number of halogens is 2. The van der Waals surface area contributed by atoms with Gasteiger partial charge >= 0.3 is 0 Å². The number of nitrogens with zero attached hydrogens (tertiary/aromatic N) is 2. The highest BCUT2D eigenvalue weighted by Crippen LogP contribution is 2.31. The lowest BCUT2D eigenvalue weighted by atomic mass is 10.2. The maximum absolute atomic E-state index is 6.12. The molecule has 0 saturated heterocycles. The predicted molar refractivity (Wildman–Crippen MR) is 90.2 cm³/mol. The van der Waals surface area contributed by atoms with Crippen LogP contribution in [0.5, 0.6) is 0 Å². The zero-order valence-corrected chi connectivity index (χ0v) is 14.5. The molecule has 0 radical (unpaired) electrons. The molecule has 2 rings (SSSR count). The van der Waals surface area contributed by atoms with E-state index in [4.69, 9.17) is 33.4 Å². The van der Waals surface area contributed by atoms with Crippen LogP contribution in [0.1, 0.15) is 23.9 Å². The maximum Gasteiger partial charge on any atom is 0.276 e. The molecule has 1 unspecified atom stereocenters. The largest absolute Gasteiger partial charge is 0.414 e. The fourth-order valence-corrected chi connectivity index (χ4v) is 3.60. The summed E-state index contributed by atoms with van der Waals surface area (Å²) in [5.41, 5.74) is 6.85. The summed E-state index contributed by atoms with van der Waals surface area (Å²) in [6, 6.07) is 5.21. The van der Waals surface area contributed by atoms with E-state index in [1.54, 1.807) is 23.9 Å². The summed E-state index contributed by atoms with van der Waals surface area (Å²) in [6.07, 6.45) is 2.85. The van der Waals surface area contributed by atoms with Crippen molar-refractivity contribution in [3.8, 4) is 0 Å². The Balaban J connectivity index is 1.97. The molecule has 1 atom stereocenters. The molecule has 1 aromatic heterocycles. The first-order valence-electron chi connectivity index (χ1n) is 6.25. The SMILES string of the molecule is CSCCC(N)c1nnc(SCc2c(Cl)cccc2Cl)o1. The number of nitrogens with two attached hydrogens (primary N) is 1. The molecule has 0 spiro atoms. The van der Waals surface area contributed by atoms with Crippen LogP contribution in [0.4, 0.5) is 0 Å². The average Bonchev–Trinajstić information content (AvgIpc) is 2.93. The molecule has 2 aromatic rings. The molecule has 0 aliphatic carbocycles. The van der Waals surface area contributed by atoms with E-state index >= 15 is 0 Å². The van der Waals surface area contributed by atoms with Crippen molar-refractivity contribution in [1.29, 1.82) is 0 Å². The molecule has 21 heavy (non-hydrogen) atoms. The molecule has 0 amide bonds. The lowest BCUT2D eigenvalue weighted by molar-refractivity contribution is 0.383. The van der Waals surface area contributed by atoms with Gasteiger partial charge in [-0.2, -0.15) is 11.8 Å². The van der Waals surface area contributed by atoms with Gasteiger partial charge in [-0.05, 0) is 36.1 Å². The van der Waals surface area contributed by atoms with Crippen molar-refractivity contribution in [3.63, 3.8) is 0 Å². The van der Waals surface area contributed by atoms with Gasteiger partial charge in [0.2, 0.25) is 5.89 Å². The molecule has 114 valence electrons. The van der Waals surface area contributed by atoms with Crippen molar-refractivity contribution in [1.82, 2.24) is 10.2 Å². The van der Waals surface area contributed by atoms with Gasteiger partial charge in [-0.25, -0.2) is 0 Å². The molecule has 0 fully saturated rings. The minimum Gasteiger partial charge on any atom is -0.414 e. The van der Waals surface area contributed by atoms with Crippen molar-refractivity contribution < 1.29 is 4.42 Å². The standard InChI is InChI=1S/C13H15Cl2N3OS2/c1-20-6-5-11(16)12-17-18-13(19-12)21-7-8-9(14)3-2-4-10(8)15/h2-4,11H,5-7,16H2,1H3. The lowest BCUT2D eigenvalue weighted by Crippen LogP contribution is -2.11. The molecule has 8 heteroatoms. The van der Waals surface area contributed by atoms with E-state index in [1.165, 1.54) is 11.8 Å². The Hall–Kier alpha value is -0.400. The van der Waals surface area contributed by atoms with Crippen LogP contribution >= 0.6 is 46.7 Å². The quantitative estimate of drug-likeness (QED) is 0.734. The summed E-state index contributed by atoms with van der Waals surface area (Å²) in [7, 11) is 0. The van der Waals surface area contributed by atoms with Crippen LogP contribution in [-0.2, 0) is 5.75 Å². The van der Waals surface area contributed by atoms with E-state index in [2.05, 4.69) is 10.2 Å². The number of aromatic nitrogens is 2. The van der Waals surface area contributed by atoms with Crippen molar-refractivity contribution in [3.05, 3.63) is 39.7 Å². The molecule has 1 heterocycles. The highest BCUT2D eigenvalue weighted by molar-refractivity contribution is 7.98. The molecule has 1 aromatic carbocycles. The molecule has 0 saturated carbocycles. The minimum absolute atomic E-state index is 0.219. The topological polar surface area (TPSA) is 64.9 Å². The fraction of sp³-hybridized carbons (Fsp3) is 0.385. The summed E-state index contributed by atoms with van der Waals surface area (Å²) in [5.74, 6) is 2.00. The fourth-order valence-electron chi connectivity index (χ4n) is 1.60. The van der Waals surface area contributed by atoms with Crippen molar-refractivity contribution in [2.75, 3.05) is 12.0 Å². The second-order valence-corrected chi connectivity index (χ2v) is 7.01. The average molecular weight is 364 g/mol. The molecule has 2 N–H and O–H groups in total. The Morgan fingerprint density at radius 3 is 2.67 bits per heavy atom. The molecular formula is C13H15Cl2N3OS2. The second-order valence-electron chi connectivity index (χ2n) is 4.28. The van der Waals surface area contributed by atoms with Crippen LogP contribution in [0.2, 0.25) is 10.0 Å². The first kappa shape index (κ1) is 17.0. The van der Waals surface area contributed by atoms with E-state index in [0.29, 0.717) is 26.9 Å².